The van der Waals surface area contributed by atoms with Crippen molar-refractivity contribution < 1.29 is 0 Å². The summed E-state index contributed by atoms with van der Waals surface area (Å²) in [6.07, 6.45) is 0.993. The number of thiazole rings is 1. The molecular formula is C7H10N4S. The number of rotatable bonds is 2. The van der Waals surface area contributed by atoms with Crippen LogP contribution in [0.25, 0.3) is 4.96 Å². The maximum atomic E-state index is 4.27. The summed E-state index contributed by atoms with van der Waals surface area (Å²) in [6.45, 7) is 2.11. The minimum atomic E-state index is 0.691. The molecule has 2 aromatic rings. The number of aromatic nitrogens is 3. The quantitative estimate of drug-likeness (QED) is 0.763. The van der Waals surface area contributed by atoms with Crippen molar-refractivity contribution >= 4 is 22.2 Å². The lowest BCUT2D eigenvalue weighted by Gasteiger charge is -1.89. The molecule has 2 rings (SSSR count). The molecule has 0 saturated heterocycles. The van der Waals surface area contributed by atoms with Crippen molar-refractivity contribution in [3.05, 3.63) is 11.1 Å². The Labute approximate surface area is 74.2 Å². The lowest BCUT2D eigenvalue weighted by Crippen LogP contribution is -1.93. The molecule has 0 saturated carbocycles. The van der Waals surface area contributed by atoms with E-state index < -0.39 is 0 Å². The summed E-state index contributed by atoms with van der Waals surface area (Å²) >= 11 is 1.62. The molecule has 64 valence electrons. The molecule has 0 aliphatic heterocycles. The predicted molar refractivity (Wildman–Crippen MR) is 49.8 cm³/mol. The van der Waals surface area contributed by atoms with E-state index >= 15 is 0 Å². The molecule has 0 bridgehead atoms. The number of hydrogen-bond donors (Lipinski definition) is 1. The van der Waals surface area contributed by atoms with E-state index in [0.29, 0.717) is 5.95 Å². The SMILES string of the molecule is CCc1csc2nc(NC)nn12. The van der Waals surface area contributed by atoms with E-state index in [1.54, 1.807) is 11.3 Å². The van der Waals surface area contributed by atoms with E-state index in [-0.39, 0.29) is 0 Å². The van der Waals surface area contributed by atoms with Crippen LogP contribution in [0.2, 0.25) is 0 Å². The maximum absolute atomic E-state index is 4.27. The second kappa shape index (κ2) is 2.75. The highest BCUT2D eigenvalue weighted by Crippen LogP contribution is 2.15. The van der Waals surface area contributed by atoms with Crippen molar-refractivity contribution in [1.29, 1.82) is 0 Å². The Kier molecular flexibility index (Phi) is 1.73. The van der Waals surface area contributed by atoms with Crippen LogP contribution in [0.1, 0.15) is 12.6 Å². The molecule has 2 heterocycles. The Balaban J connectivity index is 2.60. The summed E-state index contributed by atoms with van der Waals surface area (Å²) in [6, 6.07) is 0. The minimum Gasteiger partial charge on any atom is -0.356 e. The van der Waals surface area contributed by atoms with Crippen LogP contribution in [-0.4, -0.2) is 21.6 Å². The van der Waals surface area contributed by atoms with Crippen molar-refractivity contribution in [2.24, 2.45) is 0 Å². The smallest absolute Gasteiger partial charge is 0.243 e. The number of nitrogens with one attached hydrogen (secondary N) is 1. The molecule has 0 aliphatic rings. The van der Waals surface area contributed by atoms with Crippen molar-refractivity contribution in [1.82, 2.24) is 14.6 Å². The van der Waals surface area contributed by atoms with Crippen molar-refractivity contribution in [2.45, 2.75) is 13.3 Å². The Hall–Kier alpha value is -1.10. The molecular weight excluding hydrogens is 172 g/mol. The largest absolute Gasteiger partial charge is 0.356 e. The molecule has 0 aliphatic carbocycles. The van der Waals surface area contributed by atoms with Crippen molar-refractivity contribution in [3.63, 3.8) is 0 Å². The van der Waals surface area contributed by atoms with Crippen LogP contribution in [0.3, 0.4) is 0 Å². The Morgan fingerprint density at radius 2 is 2.50 bits per heavy atom. The van der Waals surface area contributed by atoms with Crippen LogP contribution in [0.5, 0.6) is 0 Å². The molecule has 0 radical (unpaired) electrons. The van der Waals surface area contributed by atoms with Gasteiger partial charge < -0.3 is 5.32 Å². The van der Waals surface area contributed by atoms with Gasteiger partial charge in [0.1, 0.15) is 0 Å². The average Bonchev–Trinajstić information content (AvgIpc) is 2.61. The van der Waals surface area contributed by atoms with E-state index in [4.69, 9.17) is 0 Å². The van der Waals surface area contributed by atoms with E-state index in [2.05, 4.69) is 27.7 Å². The molecule has 12 heavy (non-hydrogen) atoms. The molecule has 0 atom stereocenters. The lowest BCUT2D eigenvalue weighted by molar-refractivity contribution is 0.884. The van der Waals surface area contributed by atoms with Gasteiger partial charge in [-0.25, -0.2) is 4.52 Å². The van der Waals surface area contributed by atoms with E-state index in [0.717, 1.165) is 11.4 Å². The van der Waals surface area contributed by atoms with Gasteiger partial charge in [0.15, 0.2) is 0 Å². The van der Waals surface area contributed by atoms with Gasteiger partial charge in [0.05, 0.1) is 5.69 Å². The molecule has 0 fully saturated rings. The normalized spacial score (nSPS) is 10.8. The molecule has 5 heteroatoms. The fourth-order valence-corrected chi connectivity index (χ4v) is 1.98. The Morgan fingerprint density at radius 3 is 3.17 bits per heavy atom. The fourth-order valence-electron chi connectivity index (χ4n) is 1.07. The van der Waals surface area contributed by atoms with E-state index in [1.807, 2.05) is 11.6 Å². The number of hydrogen-bond acceptors (Lipinski definition) is 4. The number of nitrogens with zero attached hydrogens (tertiary/aromatic N) is 3. The van der Waals surface area contributed by atoms with Gasteiger partial charge >= 0.3 is 0 Å². The van der Waals surface area contributed by atoms with Crippen LogP contribution in [0.4, 0.5) is 5.95 Å². The van der Waals surface area contributed by atoms with Crippen LogP contribution in [0.15, 0.2) is 5.38 Å². The van der Waals surface area contributed by atoms with E-state index in [9.17, 15) is 0 Å². The first-order valence-electron chi connectivity index (χ1n) is 3.86. The zero-order valence-electron chi connectivity index (χ0n) is 7.03. The van der Waals surface area contributed by atoms with Gasteiger partial charge in [-0.1, -0.05) is 6.92 Å². The summed E-state index contributed by atoms with van der Waals surface area (Å²) in [4.78, 5) is 5.21. The Bertz CT molecular complexity index is 389. The van der Waals surface area contributed by atoms with Crippen LogP contribution in [0, 0.1) is 0 Å². The third-order valence-electron chi connectivity index (χ3n) is 1.74. The van der Waals surface area contributed by atoms with Gasteiger partial charge in [-0.2, -0.15) is 4.98 Å². The van der Waals surface area contributed by atoms with Crippen LogP contribution < -0.4 is 5.32 Å². The van der Waals surface area contributed by atoms with Gasteiger partial charge in [-0.05, 0) is 6.42 Å². The average molecular weight is 182 g/mol. The fraction of sp³-hybridized carbons (Fsp3) is 0.429. The summed E-state index contributed by atoms with van der Waals surface area (Å²) in [5, 5.41) is 9.28. The lowest BCUT2D eigenvalue weighted by atomic mass is 10.4. The summed E-state index contributed by atoms with van der Waals surface area (Å²) in [7, 11) is 1.82. The molecule has 1 N–H and O–H groups in total. The van der Waals surface area contributed by atoms with Gasteiger partial charge in [-0.15, -0.1) is 16.4 Å². The third kappa shape index (κ3) is 0.972. The highest BCUT2D eigenvalue weighted by molar-refractivity contribution is 7.15. The summed E-state index contributed by atoms with van der Waals surface area (Å²) < 4.78 is 1.89. The minimum absolute atomic E-state index is 0.691. The summed E-state index contributed by atoms with van der Waals surface area (Å²) in [5.74, 6) is 0.691. The summed E-state index contributed by atoms with van der Waals surface area (Å²) in [5.41, 5.74) is 1.21. The molecule has 0 spiro atoms. The molecule has 2 aromatic heterocycles. The predicted octanol–water partition coefficient (Wildman–Crippen LogP) is 1.39. The van der Waals surface area contributed by atoms with Crippen LogP contribution >= 0.6 is 11.3 Å². The molecule has 4 nitrogen and oxygen atoms in total. The number of anilines is 1. The molecule has 0 amide bonds. The Morgan fingerprint density at radius 1 is 1.67 bits per heavy atom. The second-order valence-corrected chi connectivity index (χ2v) is 3.30. The van der Waals surface area contributed by atoms with Gasteiger partial charge in [0.25, 0.3) is 0 Å². The van der Waals surface area contributed by atoms with Crippen LogP contribution in [-0.2, 0) is 6.42 Å². The standard InChI is InChI=1S/C7H10N4S/c1-3-5-4-12-7-9-6(8-2)10-11(5)7/h4H,3H2,1-2H3,(H,8,10). The zero-order valence-corrected chi connectivity index (χ0v) is 7.85. The zero-order chi connectivity index (χ0) is 8.55. The van der Waals surface area contributed by atoms with Gasteiger partial charge in [0.2, 0.25) is 10.9 Å². The first kappa shape index (κ1) is 7.54. The number of fused-ring (bicyclic) bond motifs is 1. The maximum Gasteiger partial charge on any atom is 0.243 e. The second-order valence-electron chi connectivity index (χ2n) is 2.46. The number of aryl methyl sites for hydroxylation is 1. The first-order chi connectivity index (χ1) is 5.85. The highest BCUT2D eigenvalue weighted by atomic mass is 32.1. The topological polar surface area (TPSA) is 42.2 Å². The van der Waals surface area contributed by atoms with Gasteiger partial charge in [0, 0.05) is 12.4 Å². The molecule has 0 aromatic carbocycles. The first-order valence-corrected chi connectivity index (χ1v) is 4.74. The van der Waals surface area contributed by atoms with Crippen molar-refractivity contribution in [2.75, 3.05) is 12.4 Å². The monoisotopic (exact) mass is 182 g/mol. The van der Waals surface area contributed by atoms with E-state index in [1.165, 1.54) is 5.69 Å². The third-order valence-corrected chi connectivity index (χ3v) is 2.60. The van der Waals surface area contributed by atoms with Gasteiger partial charge in [-0.3, -0.25) is 0 Å². The highest BCUT2D eigenvalue weighted by Gasteiger charge is 2.06. The molecule has 0 unspecified atom stereocenters. The van der Waals surface area contributed by atoms with Crippen molar-refractivity contribution in [3.8, 4) is 0 Å².